The monoisotopic (exact) mass is 170 g/mol. The molecule has 4 heteroatoms. The molecule has 0 aliphatic heterocycles. The van der Waals surface area contributed by atoms with Crippen molar-refractivity contribution in [3.05, 3.63) is 16.1 Å². The van der Waals surface area contributed by atoms with Crippen LogP contribution in [-0.2, 0) is 4.79 Å². The molecule has 1 atom stereocenters. The van der Waals surface area contributed by atoms with Gasteiger partial charge in [-0.15, -0.1) is 11.3 Å². The van der Waals surface area contributed by atoms with E-state index in [1.165, 1.54) is 4.88 Å². The van der Waals surface area contributed by atoms with Crippen LogP contribution in [0.15, 0.2) is 6.20 Å². The average molecular weight is 170 g/mol. The third-order valence-corrected chi connectivity index (χ3v) is 2.42. The average Bonchev–Trinajstić information content (AvgIpc) is 2.36. The fourth-order valence-electron chi connectivity index (χ4n) is 0.746. The van der Waals surface area contributed by atoms with Crippen molar-refractivity contribution < 1.29 is 4.79 Å². The lowest BCUT2D eigenvalue weighted by atomic mass is 10.4. The number of rotatable bonds is 3. The van der Waals surface area contributed by atoms with Crippen molar-refractivity contribution in [2.45, 2.75) is 19.9 Å². The summed E-state index contributed by atoms with van der Waals surface area (Å²) in [6.07, 6.45) is 2.50. The molecule has 0 spiro atoms. The Morgan fingerprint density at radius 1 is 1.82 bits per heavy atom. The smallest absolute Gasteiger partial charge is 0.207 e. The van der Waals surface area contributed by atoms with Crippen LogP contribution in [-0.4, -0.2) is 11.4 Å². The van der Waals surface area contributed by atoms with Gasteiger partial charge >= 0.3 is 0 Å². The van der Waals surface area contributed by atoms with Crippen LogP contribution >= 0.6 is 11.3 Å². The van der Waals surface area contributed by atoms with Gasteiger partial charge in [-0.1, -0.05) is 0 Å². The van der Waals surface area contributed by atoms with Crippen LogP contribution in [0.3, 0.4) is 0 Å². The van der Waals surface area contributed by atoms with Gasteiger partial charge in [0.2, 0.25) is 6.41 Å². The summed E-state index contributed by atoms with van der Waals surface area (Å²) < 4.78 is 0. The lowest BCUT2D eigenvalue weighted by Crippen LogP contribution is -2.15. The summed E-state index contributed by atoms with van der Waals surface area (Å²) in [7, 11) is 0. The summed E-state index contributed by atoms with van der Waals surface area (Å²) in [5, 5.41) is 3.60. The lowest BCUT2D eigenvalue weighted by molar-refractivity contribution is -0.110. The number of hydrogen-bond donors (Lipinski definition) is 1. The minimum Gasteiger partial charge on any atom is -0.350 e. The molecule has 3 nitrogen and oxygen atoms in total. The zero-order valence-corrected chi connectivity index (χ0v) is 7.31. The van der Waals surface area contributed by atoms with Gasteiger partial charge in [0.05, 0.1) is 6.04 Å². The van der Waals surface area contributed by atoms with Gasteiger partial charge in [-0.25, -0.2) is 4.98 Å². The number of aromatic nitrogens is 1. The van der Waals surface area contributed by atoms with Crippen molar-refractivity contribution >= 4 is 17.7 Å². The molecule has 0 saturated heterocycles. The highest BCUT2D eigenvalue weighted by Crippen LogP contribution is 2.17. The molecular weight excluding hydrogens is 160 g/mol. The minimum atomic E-state index is 0.0335. The van der Waals surface area contributed by atoms with Gasteiger partial charge in [-0.2, -0.15) is 0 Å². The summed E-state index contributed by atoms with van der Waals surface area (Å²) in [5.41, 5.74) is 0. The number of hydrogen-bond acceptors (Lipinski definition) is 3. The Labute approximate surface area is 69.5 Å². The first-order chi connectivity index (χ1) is 5.24. The number of amides is 1. The second-order valence-electron chi connectivity index (χ2n) is 2.32. The molecule has 60 valence electrons. The van der Waals surface area contributed by atoms with E-state index in [9.17, 15) is 4.79 Å². The molecule has 1 unspecified atom stereocenters. The second-order valence-corrected chi connectivity index (χ2v) is 3.58. The zero-order chi connectivity index (χ0) is 8.27. The predicted molar refractivity (Wildman–Crippen MR) is 44.5 cm³/mol. The molecule has 1 aromatic rings. The molecule has 0 aliphatic carbocycles. The van der Waals surface area contributed by atoms with Crippen molar-refractivity contribution in [2.24, 2.45) is 0 Å². The SMILES string of the molecule is Cc1cnc(C(C)NC=O)s1. The van der Waals surface area contributed by atoms with Crippen LogP contribution in [0, 0.1) is 6.92 Å². The number of nitrogens with zero attached hydrogens (tertiary/aromatic N) is 1. The van der Waals surface area contributed by atoms with Gasteiger partial charge in [0.25, 0.3) is 0 Å². The number of thiazole rings is 1. The maximum atomic E-state index is 10.1. The van der Waals surface area contributed by atoms with Crippen LogP contribution in [0.5, 0.6) is 0 Å². The first-order valence-electron chi connectivity index (χ1n) is 3.36. The van der Waals surface area contributed by atoms with E-state index in [1.807, 2.05) is 20.0 Å². The van der Waals surface area contributed by atoms with E-state index < -0.39 is 0 Å². The minimum absolute atomic E-state index is 0.0335. The number of nitrogens with one attached hydrogen (secondary N) is 1. The third kappa shape index (κ3) is 2.01. The van der Waals surface area contributed by atoms with Crippen molar-refractivity contribution in [3.8, 4) is 0 Å². The van der Waals surface area contributed by atoms with Crippen LogP contribution in [0.4, 0.5) is 0 Å². The molecule has 1 heterocycles. The first kappa shape index (κ1) is 8.20. The Balaban J connectivity index is 2.67. The van der Waals surface area contributed by atoms with E-state index in [1.54, 1.807) is 11.3 Å². The van der Waals surface area contributed by atoms with Crippen LogP contribution < -0.4 is 5.32 Å². The van der Waals surface area contributed by atoms with Gasteiger partial charge < -0.3 is 5.32 Å². The van der Waals surface area contributed by atoms with Crippen molar-refractivity contribution in [3.63, 3.8) is 0 Å². The van der Waals surface area contributed by atoms with E-state index in [4.69, 9.17) is 0 Å². The molecule has 1 amide bonds. The lowest BCUT2D eigenvalue weighted by Gasteiger charge is -2.03. The number of carbonyl (C=O) groups is 1. The molecule has 1 aromatic heterocycles. The summed E-state index contributed by atoms with van der Waals surface area (Å²) in [6, 6.07) is 0.0335. The van der Waals surface area contributed by atoms with E-state index >= 15 is 0 Å². The maximum absolute atomic E-state index is 10.1. The van der Waals surface area contributed by atoms with Crippen LogP contribution in [0.2, 0.25) is 0 Å². The van der Waals surface area contributed by atoms with Crippen molar-refractivity contribution in [1.82, 2.24) is 10.3 Å². The first-order valence-corrected chi connectivity index (χ1v) is 4.17. The largest absolute Gasteiger partial charge is 0.350 e. The fourth-order valence-corrected chi connectivity index (χ4v) is 1.53. The highest BCUT2D eigenvalue weighted by Gasteiger charge is 2.06. The Morgan fingerprint density at radius 3 is 3.00 bits per heavy atom. The Kier molecular flexibility index (Phi) is 2.59. The fraction of sp³-hybridized carbons (Fsp3) is 0.429. The summed E-state index contributed by atoms with van der Waals surface area (Å²) in [5.74, 6) is 0. The van der Waals surface area contributed by atoms with Gasteiger partial charge in [0.15, 0.2) is 0 Å². The molecule has 1 rings (SSSR count). The predicted octanol–water partition coefficient (Wildman–Crippen LogP) is 1.26. The zero-order valence-electron chi connectivity index (χ0n) is 6.50. The quantitative estimate of drug-likeness (QED) is 0.694. The van der Waals surface area contributed by atoms with Gasteiger partial charge in [0.1, 0.15) is 5.01 Å². The van der Waals surface area contributed by atoms with Crippen LogP contribution in [0.1, 0.15) is 22.9 Å². The molecule has 0 bridgehead atoms. The van der Waals surface area contributed by atoms with Gasteiger partial charge in [0, 0.05) is 11.1 Å². The van der Waals surface area contributed by atoms with E-state index in [0.717, 1.165) is 5.01 Å². The van der Waals surface area contributed by atoms with Crippen LogP contribution in [0.25, 0.3) is 0 Å². The number of carbonyl (C=O) groups excluding carboxylic acids is 1. The molecular formula is C7H10N2OS. The summed E-state index contributed by atoms with van der Waals surface area (Å²) in [6.45, 7) is 3.90. The Bertz CT molecular complexity index is 246. The third-order valence-electron chi connectivity index (χ3n) is 1.33. The standard InChI is InChI=1S/C7H10N2OS/c1-5-3-8-7(11-5)6(2)9-4-10/h3-4,6H,1-2H3,(H,9,10). The van der Waals surface area contributed by atoms with Crippen molar-refractivity contribution in [2.75, 3.05) is 0 Å². The van der Waals surface area contributed by atoms with E-state index in [-0.39, 0.29) is 6.04 Å². The van der Waals surface area contributed by atoms with Gasteiger partial charge in [-0.05, 0) is 13.8 Å². The summed E-state index contributed by atoms with van der Waals surface area (Å²) >= 11 is 1.60. The normalized spacial score (nSPS) is 12.5. The Morgan fingerprint density at radius 2 is 2.55 bits per heavy atom. The van der Waals surface area contributed by atoms with E-state index in [2.05, 4.69) is 10.3 Å². The molecule has 0 fully saturated rings. The molecule has 0 saturated carbocycles. The second kappa shape index (κ2) is 3.48. The summed E-state index contributed by atoms with van der Waals surface area (Å²) in [4.78, 5) is 15.4. The molecule has 0 radical (unpaired) electrons. The maximum Gasteiger partial charge on any atom is 0.207 e. The van der Waals surface area contributed by atoms with Crippen molar-refractivity contribution in [1.29, 1.82) is 0 Å². The van der Waals surface area contributed by atoms with Gasteiger partial charge in [-0.3, -0.25) is 4.79 Å². The highest BCUT2D eigenvalue weighted by atomic mass is 32.1. The van der Waals surface area contributed by atoms with E-state index in [0.29, 0.717) is 6.41 Å². The molecule has 0 aliphatic rings. The highest BCUT2D eigenvalue weighted by molar-refractivity contribution is 7.11. The number of aryl methyl sites for hydroxylation is 1. The molecule has 0 aromatic carbocycles. The molecule has 11 heavy (non-hydrogen) atoms. The molecule has 1 N–H and O–H groups in total. The topological polar surface area (TPSA) is 42.0 Å². The Hall–Kier alpha value is -0.900.